The molecule has 0 spiro atoms. The van der Waals surface area contributed by atoms with Crippen LogP contribution in [-0.4, -0.2) is 66.2 Å². The van der Waals surface area contributed by atoms with E-state index in [4.69, 9.17) is 18.9 Å². The minimum Gasteiger partial charge on any atom is -0.463 e. The molecule has 1 aliphatic heterocycles. The van der Waals surface area contributed by atoms with Gasteiger partial charge >= 0.3 is 17.9 Å². The van der Waals surface area contributed by atoms with Gasteiger partial charge in [0.1, 0.15) is 18.8 Å². The monoisotopic (exact) mass is 347 g/mol. The summed E-state index contributed by atoms with van der Waals surface area (Å²) in [6.07, 6.45) is -5.06. The van der Waals surface area contributed by atoms with Gasteiger partial charge in [0.25, 0.3) is 0 Å². The van der Waals surface area contributed by atoms with Crippen molar-refractivity contribution >= 4 is 23.8 Å². The predicted molar refractivity (Wildman–Crippen MR) is 76.2 cm³/mol. The second kappa shape index (κ2) is 8.60. The number of hydrogen-bond donors (Lipinski definition) is 2. The lowest BCUT2D eigenvalue weighted by Gasteiger charge is -2.43. The van der Waals surface area contributed by atoms with Gasteiger partial charge in [-0.05, 0) is 0 Å². The molecule has 10 nitrogen and oxygen atoms in total. The molecule has 0 bridgehead atoms. The Kier molecular flexibility index (Phi) is 7.11. The molecule has 0 aromatic carbocycles. The van der Waals surface area contributed by atoms with Crippen molar-refractivity contribution < 1.29 is 43.2 Å². The van der Waals surface area contributed by atoms with Crippen LogP contribution in [0.1, 0.15) is 27.7 Å². The minimum absolute atomic E-state index is 0.338. The Morgan fingerprint density at radius 3 is 1.96 bits per heavy atom. The van der Waals surface area contributed by atoms with Gasteiger partial charge in [0, 0.05) is 27.7 Å². The van der Waals surface area contributed by atoms with Crippen molar-refractivity contribution in [3.63, 3.8) is 0 Å². The molecule has 0 saturated carbocycles. The van der Waals surface area contributed by atoms with Crippen molar-refractivity contribution in [2.24, 2.45) is 0 Å². The lowest BCUT2D eigenvalue weighted by atomic mass is 9.96. The summed E-state index contributed by atoms with van der Waals surface area (Å²) in [5.41, 5.74) is 0. The van der Waals surface area contributed by atoms with Crippen molar-refractivity contribution in [1.29, 1.82) is 0 Å². The maximum absolute atomic E-state index is 11.4. The highest BCUT2D eigenvalue weighted by atomic mass is 16.7. The zero-order chi connectivity index (χ0) is 18.4. The molecule has 0 aliphatic carbocycles. The third kappa shape index (κ3) is 5.78. The van der Waals surface area contributed by atoms with Crippen molar-refractivity contribution in [2.75, 3.05) is 6.61 Å². The lowest BCUT2D eigenvalue weighted by Crippen LogP contribution is -2.66. The number of aliphatic hydroxyl groups is 1. The molecule has 10 heteroatoms. The summed E-state index contributed by atoms with van der Waals surface area (Å²) < 4.78 is 20.3. The van der Waals surface area contributed by atoms with E-state index in [2.05, 4.69) is 5.32 Å². The molecular weight excluding hydrogens is 326 g/mol. The van der Waals surface area contributed by atoms with E-state index in [-0.39, 0.29) is 6.61 Å². The molecule has 1 rings (SSSR count). The summed E-state index contributed by atoms with van der Waals surface area (Å²) >= 11 is 0. The Balaban J connectivity index is 3.11. The average Bonchev–Trinajstić information content (AvgIpc) is 2.42. The summed E-state index contributed by atoms with van der Waals surface area (Å²) in [7, 11) is 0. The molecule has 1 heterocycles. The van der Waals surface area contributed by atoms with Crippen molar-refractivity contribution in [1.82, 2.24) is 5.32 Å². The highest BCUT2D eigenvalue weighted by molar-refractivity contribution is 5.73. The summed E-state index contributed by atoms with van der Waals surface area (Å²) in [6, 6.07) is -1.16. The quantitative estimate of drug-likeness (QED) is 0.456. The fourth-order valence-electron chi connectivity index (χ4n) is 2.31. The van der Waals surface area contributed by atoms with Gasteiger partial charge < -0.3 is 29.4 Å². The largest absolute Gasteiger partial charge is 0.463 e. The summed E-state index contributed by atoms with van der Waals surface area (Å²) in [6.45, 7) is 4.28. The van der Waals surface area contributed by atoms with E-state index >= 15 is 0 Å². The smallest absolute Gasteiger partial charge is 0.303 e. The normalized spacial score (nSPS) is 29.3. The first kappa shape index (κ1) is 19.8. The number of ether oxygens (including phenoxy) is 4. The molecule has 136 valence electrons. The molecule has 24 heavy (non-hydrogen) atoms. The zero-order valence-electron chi connectivity index (χ0n) is 13.8. The predicted octanol–water partition coefficient (Wildman–Crippen LogP) is -1.37. The van der Waals surface area contributed by atoms with Crippen LogP contribution >= 0.6 is 0 Å². The Bertz CT molecular complexity index is 506. The van der Waals surface area contributed by atoms with Gasteiger partial charge in [0.15, 0.2) is 18.5 Å². The number of amides is 1. The van der Waals surface area contributed by atoms with E-state index in [0.717, 1.165) is 13.8 Å². The highest BCUT2D eigenvalue weighted by Gasteiger charge is 2.50. The van der Waals surface area contributed by atoms with Crippen LogP contribution in [0.25, 0.3) is 0 Å². The van der Waals surface area contributed by atoms with Crippen molar-refractivity contribution in [3.8, 4) is 0 Å². The maximum Gasteiger partial charge on any atom is 0.303 e. The maximum atomic E-state index is 11.4. The van der Waals surface area contributed by atoms with Gasteiger partial charge in [-0.2, -0.15) is 0 Å². The molecule has 1 amide bonds. The average molecular weight is 347 g/mol. The lowest BCUT2D eigenvalue weighted by molar-refractivity contribution is -0.264. The number of carbonyl (C=O) groups is 4. The van der Waals surface area contributed by atoms with E-state index < -0.39 is 54.5 Å². The third-order valence-electron chi connectivity index (χ3n) is 3.09. The van der Waals surface area contributed by atoms with Gasteiger partial charge in [0.05, 0.1) is 0 Å². The number of aliphatic hydroxyl groups excluding tert-OH is 1. The van der Waals surface area contributed by atoms with Gasteiger partial charge in [0.2, 0.25) is 5.91 Å². The zero-order valence-corrected chi connectivity index (χ0v) is 13.8. The van der Waals surface area contributed by atoms with Gasteiger partial charge in [-0.1, -0.05) is 0 Å². The van der Waals surface area contributed by atoms with E-state index in [1.54, 1.807) is 0 Å². The van der Waals surface area contributed by atoms with Crippen LogP contribution in [-0.2, 0) is 38.1 Å². The summed E-state index contributed by atoms with van der Waals surface area (Å²) in [5.74, 6) is -2.54. The molecular formula is C14H21NO9. The molecule has 1 fully saturated rings. The van der Waals surface area contributed by atoms with Crippen LogP contribution in [0.5, 0.6) is 0 Å². The number of esters is 3. The van der Waals surface area contributed by atoms with Gasteiger partial charge in [-0.25, -0.2) is 0 Å². The number of nitrogens with one attached hydrogen (secondary N) is 1. The fourth-order valence-corrected chi connectivity index (χ4v) is 2.31. The fraction of sp³-hybridized carbons (Fsp3) is 0.714. The number of carbonyl (C=O) groups excluding carboxylic acids is 4. The number of hydrogen-bond acceptors (Lipinski definition) is 9. The van der Waals surface area contributed by atoms with E-state index in [0.29, 0.717) is 0 Å². The first-order valence-corrected chi connectivity index (χ1v) is 7.20. The summed E-state index contributed by atoms with van der Waals surface area (Å²) in [4.78, 5) is 45.0. The topological polar surface area (TPSA) is 137 Å². The first-order chi connectivity index (χ1) is 11.1. The van der Waals surface area contributed by atoms with E-state index in [1.165, 1.54) is 13.8 Å². The third-order valence-corrected chi connectivity index (χ3v) is 3.09. The molecule has 0 aromatic rings. The SMILES string of the molecule is CC(=O)NC1[C@@H](OC(C)=O)[C@@H](OC(C)=O)C(COC(C)=O)O[C@@H]1O. The highest BCUT2D eigenvalue weighted by Crippen LogP contribution is 2.26. The van der Waals surface area contributed by atoms with Gasteiger partial charge in [-0.3, -0.25) is 19.2 Å². The minimum atomic E-state index is -1.56. The van der Waals surface area contributed by atoms with Crippen LogP contribution in [0.4, 0.5) is 0 Å². The molecule has 0 radical (unpaired) electrons. The molecule has 5 atom stereocenters. The molecule has 1 saturated heterocycles. The van der Waals surface area contributed by atoms with Crippen LogP contribution in [0.2, 0.25) is 0 Å². The Morgan fingerprint density at radius 2 is 1.50 bits per heavy atom. The molecule has 2 unspecified atom stereocenters. The Morgan fingerprint density at radius 1 is 0.958 bits per heavy atom. The molecule has 1 aliphatic rings. The van der Waals surface area contributed by atoms with E-state index in [9.17, 15) is 24.3 Å². The summed E-state index contributed by atoms with van der Waals surface area (Å²) in [5, 5.41) is 12.5. The first-order valence-electron chi connectivity index (χ1n) is 7.20. The van der Waals surface area contributed by atoms with Crippen LogP contribution in [0, 0.1) is 0 Å². The second-order valence-corrected chi connectivity index (χ2v) is 5.24. The Labute approximate surface area is 138 Å². The molecule has 2 N–H and O–H groups in total. The van der Waals surface area contributed by atoms with Crippen LogP contribution in [0.15, 0.2) is 0 Å². The Hall–Kier alpha value is -2.20. The second-order valence-electron chi connectivity index (χ2n) is 5.24. The van der Waals surface area contributed by atoms with Crippen LogP contribution in [0.3, 0.4) is 0 Å². The van der Waals surface area contributed by atoms with Crippen molar-refractivity contribution in [3.05, 3.63) is 0 Å². The van der Waals surface area contributed by atoms with Crippen LogP contribution < -0.4 is 5.32 Å². The standard InChI is InChI=1S/C14H21NO9/c1-6(16)15-11-13(23-9(4)19)12(22-8(3)18)10(24-14(11)20)5-21-7(2)17/h10-14,20H,5H2,1-4H3,(H,15,16)/t10?,11?,12-,13+,14-/m0/s1. The van der Waals surface area contributed by atoms with Crippen molar-refractivity contribution in [2.45, 2.75) is 58.3 Å². The van der Waals surface area contributed by atoms with E-state index in [1.807, 2.05) is 0 Å². The molecule has 0 aromatic heterocycles. The number of rotatable bonds is 5. The van der Waals surface area contributed by atoms with Gasteiger partial charge in [-0.15, -0.1) is 0 Å².